The van der Waals surface area contributed by atoms with Crippen LogP contribution in [0.25, 0.3) is 0 Å². The molecule has 4 nitrogen and oxygen atoms in total. The Labute approximate surface area is 132 Å². The predicted octanol–water partition coefficient (Wildman–Crippen LogP) is 3.71. The van der Waals surface area contributed by atoms with E-state index in [0.717, 1.165) is 44.5 Å². The van der Waals surface area contributed by atoms with E-state index in [1.807, 2.05) is 6.07 Å². The molecule has 1 atom stereocenters. The molecule has 1 aromatic carbocycles. The molecule has 0 heterocycles. The molecule has 0 saturated heterocycles. The van der Waals surface area contributed by atoms with E-state index in [0.29, 0.717) is 5.56 Å². The van der Waals surface area contributed by atoms with Gasteiger partial charge in [-0.1, -0.05) is 32.8 Å². The smallest absolute Gasteiger partial charge is 0.416 e. The minimum Gasteiger partial charge on any atom is -0.508 e. The number of anilines is 1. The van der Waals surface area contributed by atoms with Crippen molar-refractivity contribution in [1.82, 2.24) is 0 Å². The second-order valence-electron chi connectivity index (χ2n) is 5.74. The summed E-state index contributed by atoms with van der Waals surface area (Å²) in [5.41, 5.74) is 1.42. The van der Waals surface area contributed by atoms with Crippen molar-refractivity contribution >= 4 is 11.5 Å². The Morgan fingerprint density at radius 3 is 2.23 bits per heavy atom. The zero-order chi connectivity index (χ0) is 16.1. The molecule has 22 heavy (non-hydrogen) atoms. The van der Waals surface area contributed by atoms with Crippen LogP contribution < -0.4 is 4.90 Å². The van der Waals surface area contributed by atoms with Gasteiger partial charge in [0.15, 0.2) is 0 Å². The third kappa shape index (κ3) is 3.40. The van der Waals surface area contributed by atoms with Gasteiger partial charge in [0.05, 0.1) is 0 Å². The first-order chi connectivity index (χ1) is 10.6. The number of aliphatic hydroxyl groups is 1. The van der Waals surface area contributed by atoms with E-state index >= 15 is 0 Å². The number of phenols is 1. The maximum atomic E-state index is 11.5. The van der Waals surface area contributed by atoms with Gasteiger partial charge in [-0.2, -0.15) is 0 Å². The highest BCUT2D eigenvalue weighted by Gasteiger charge is 2.50. The summed E-state index contributed by atoms with van der Waals surface area (Å²) in [6, 6.07) is 5.34. The maximum Gasteiger partial charge on any atom is 0.416 e. The van der Waals surface area contributed by atoms with Crippen molar-refractivity contribution in [3.8, 4) is 5.75 Å². The molecule has 0 bridgehead atoms. The van der Waals surface area contributed by atoms with Crippen LogP contribution in [-0.2, 0) is 4.79 Å². The highest BCUT2D eigenvalue weighted by molar-refractivity contribution is 6.01. The van der Waals surface area contributed by atoms with Crippen LogP contribution in [0.5, 0.6) is 5.75 Å². The van der Waals surface area contributed by atoms with Crippen molar-refractivity contribution in [3.63, 3.8) is 0 Å². The lowest BCUT2D eigenvalue weighted by Gasteiger charge is -2.25. The summed E-state index contributed by atoms with van der Waals surface area (Å²) < 4.78 is 0. The zero-order valence-corrected chi connectivity index (χ0v) is 13.3. The van der Waals surface area contributed by atoms with E-state index < -0.39 is 5.92 Å². The monoisotopic (exact) mass is 302 g/mol. The first kappa shape index (κ1) is 16.3. The van der Waals surface area contributed by atoms with Crippen LogP contribution in [0.4, 0.5) is 5.69 Å². The number of phenolic OH excluding ortho intramolecular Hbond substituents is 1. The average molecular weight is 302 g/mol. The van der Waals surface area contributed by atoms with E-state index in [9.17, 15) is 15.0 Å². The summed E-state index contributed by atoms with van der Waals surface area (Å²) in [6.07, 6.45) is 6.74. The van der Waals surface area contributed by atoms with Crippen molar-refractivity contribution in [2.75, 3.05) is 18.0 Å². The van der Waals surface area contributed by atoms with Gasteiger partial charge >= 0.3 is 17.6 Å². The minimum atomic E-state index is -0.742. The lowest BCUT2D eigenvalue weighted by Crippen LogP contribution is -2.26. The zero-order valence-electron chi connectivity index (χ0n) is 13.3. The summed E-state index contributed by atoms with van der Waals surface area (Å²) >= 11 is 0. The van der Waals surface area contributed by atoms with E-state index in [4.69, 9.17) is 0 Å². The molecular weight excluding hydrogens is 278 g/mol. The van der Waals surface area contributed by atoms with E-state index in [1.54, 1.807) is 12.1 Å². The number of rotatable bonds is 8. The number of hydrogen-bond donors (Lipinski definition) is 2. The van der Waals surface area contributed by atoms with Crippen LogP contribution in [0, 0.1) is 6.08 Å². The number of ketones is 1. The summed E-state index contributed by atoms with van der Waals surface area (Å²) in [5, 5.41) is 19.8. The Hall–Kier alpha value is -2.06. The highest BCUT2D eigenvalue weighted by Crippen LogP contribution is 2.38. The number of hydrogen-bond acceptors (Lipinski definition) is 4. The van der Waals surface area contributed by atoms with Gasteiger partial charge < -0.3 is 15.1 Å². The molecule has 1 aliphatic carbocycles. The quantitative estimate of drug-likeness (QED) is 0.719. The molecule has 0 fully saturated rings. The Morgan fingerprint density at radius 2 is 1.77 bits per heavy atom. The SMILES string of the molecule is CCCCN(CCCC)c1ccc(C2C(=O)[C+]=C2O)c(O)c1. The number of carbonyl (C=O) groups is 1. The fourth-order valence-electron chi connectivity index (χ4n) is 2.65. The van der Waals surface area contributed by atoms with Crippen LogP contribution in [0.3, 0.4) is 0 Å². The number of Topliss-reactive ketones (excluding diaryl/α,β-unsaturated/α-hetero) is 1. The Kier molecular flexibility index (Phi) is 5.40. The third-order valence-electron chi connectivity index (χ3n) is 4.04. The molecule has 0 amide bonds. The molecule has 118 valence electrons. The second-order valence-corrected chi connectivity index (χ2v) is 5.74. The standard InChI is InChI=1S/C18H23NO3/c1-3-5-9-19(10-6-4-2)13-7-8-14(15(20)11-13)18-16(21)12-17(18)22/h7-8,11,18H,3-6,9-10H2,1-2H3,(H-,20,21,22)/p+1. The lowest BCUT2D eigenvalue weighted by molar-refractivity contribution is -0.118. The first-order valence-corrected chi connectivity index (χ1v) is 8.03. The number of aromatic hydroxyl groups is 1. The van der Waals surface area contributed by atoms with Gasteiger partial charge in [-0.05, 0) is 18.9 Å². The van der Waals surface area contributed by atoms with Gasteiger partial charge in [0.2, 0.25) is 5.92 Å². The number of aliphatic hydroxyl groups excluding tert-OH is 1. The Bertz CT molecular complexity index is 557. The van der Waals surface area contributed by atoms with Gasteiger partial charge in [-0.15, -0.1) is 0 Å². The number of benzene rings is 1. The van der Waals surface area contributed by atoms with Gasteiger partial charge in [0, 0.05) is 30.4 Å². The van der Waals surface area contributed by atoms with E-state index in [-0.39, 0.29) is 17.3 Å². The summed E-state index contributed by atoms with van der Waals surface area (Å²) in [6.45, 7) is 6.23. The van der Waals surface area contributed by atoms with Crippen LogP contribution >= 0.6 is 0 Å². The van der Waals surface area contributed by atoms with Gasteiger partial charge in [-0.3, -0.25) is 0 Å². The van der Waals surface area contributed by atoms with Gasteiger partial charge in [-0.25, -0.2) is 4.79 Å². The Balaban J connectivity index is 2.18. The second kappa shape index (κ2) is 7.28. The molecule has 1 aliphatic rings. The van der Waals surface area contributed by atoms with Crippen LogP contribution in [0.15, 0.2) is 24.0 Å². The largest absolute Gasteiger partial charge is 0.508 e. The fourth-order valence-corrected chi connectivity index (χ4v) is 2.65. The van der Waals surface area contributed by atoms with Crippen LogP contribution in [-0.4, -0.2) is 29.1 Å². The molecule has 2 rings (SSSR count). The van der Waals surface area contributed by atoms with Crippen molar-refractivity contribution in [2.45, 2.75) is 45.4 Å². The summed E-state index contributed by atoms with van der Waals surface area (Å²) in [4.78, 5) is 13.7. The Morgan fingerprint density at radius 1 is 1.14 bits per heavy atom. The molecule has 2 N–H and O–H groups in total. The third-order valence-corrected chi connectivity index (χ3v) is 4.04. The molecule has 4 heteroatoms. The lowest BCUT2D eigenvalue weighted by atomic mass is 9.83. The summed E-state index contributed by atoms with van der Waals surface area (Å²) in [7, 11) is 0. The van der Waals surface area contributed by atoms with E-state index in [1.165, 1.54) is 0 Å². The maximum absolute atomic E-state index is 11.5. The summed E-state index contributed by atoms with van der Waals surface area (Å²) in [5.74, 6) is -1.06. The molecule has 0 saturated carbocycles. The van der Waals surface area contributed by atoms with E-state index in [2.05, 4.69) is 24.8 Å². The number of unbranched alkanes of at least 4 members (excludes halogenated alkanes) is 2. The normalized spacial score (nSPS) is 16.7. The molecule has 0 aliphatic heterocycles. The number of nitrogens with zero attached hydrogens (tertiary/aromatic N) is 1. The highest BCUT2D eigenvalue weighted by atomic mass is 16.3. The number of allylic oxidation sites excluding steroid dienone is 2. The van der Waals surface area contributed by atoms with Crippen LogP contribution in [0.2, 0.25) is 0 Å². The molecular formula is C18H24NO3+. The van der Waals surface area contributed by atoms with Crippen molar-refractivity contribution in [3.05, 3.63) is 35.6 Å². The van der Waals surface area contributed by atoms with Crippen LogP contribution in [0.1, 0.15) is 51.0 Å². The number of carbonyl (C=O) groups excluding carboxylic acids is 1. The topological polar surface area (TPSA) is 60.8 Å². The average Bonchev–Trinajstić information content (AvgIpc) is 2.49. The molecule has 1 unspecified atom stereocenters. The predicted molar refractivity (Wildman–Crippen MR) is 87.3 cm³/mol. The van der Waals surface area contributed by atoms with Gasteiger partial charge in [0.1, 0.15) is 5.75 Å². The minimum absolute atomic E-state index is 0.0573. The van der Waals surface area contributed by atoms with Gasteiger partial charge in [0.25, 0.3) is 0 Å². The molecule has 1 aromatic rings. The molecule has 0 aromatic heterocycles. The molecule has 0 spiro atoms. The van der Waals surface area contributed by atoms with Crippen molar-refractivity contribution in [2.24, 2.45) is 0 Å². The molecule has 0 radical (unpaired) electrons. The van der Waals surface area contributed by atoms with Crippen molar-refractivity contribution in [1.29, 1.82) is 0 Å². The fraction of sp³-hybridized carbons (Fsp3) is 0.500. The first-order valence-electron chi connectivity index (χ1n) is 8.03. The van der Waals surface area contributed by atoms with Crippen molar-refractivity contribution < 1.29 is 15.0 Å².